The molecular formula is C14H20N2O6S2. The molecule has 1 aromatic heterocycles. The first kappa shape index (κ1) is 18.8. The van der Waals surface area contributed by atoms with Gasteiger partial charge in [-0.15, -0.1) is 11.3 Å². The van der Waals surface area contributed by atoms with Gasteiger partial charge in [-0.2, -0.15) is 0 Å². The number of rotatable bonds is 8. The van der Waals surface area contributed by atoms with Gasteiger partial charge in [-0.25, -0.2) is 17.9 Å². The summed E-state index contributed by atoms with van der Waals surface area (Å²) in [4.78, 5) is 24.3. The molecule has 0 aromatic carbocycles. The molecule has 1 aliphatic rings. The number of nitrogens with zero attached hydrogens (tertiary/aromatic N) is 1. The predicted octanol–water partition coefficient (Wildman–Crippen LogP) is 0.750. The van der Waals surface area contributed by atoms with Crippen LogP contribution in [0.1, 0.15) is 29.4 Å². The van der Waals surface area contributed by atoms with E-state index < -0.39 is 22.0 Å². The lowest BCUT2D eigenvalue weighted by atomic mass is 9.86. The number of thiophene rings is 1. The highest BCUT2D eigenvalue weighted by molar-refractivity contribution is 7.89. The summed E-state index contributed by atoms with van der Waals surface area (Å²) in [6.45, 7) is 2.43. The Morgan fingerprint density at radius 3 is 2.67 bits per heavy atom. The van der Waals surface area contributed by atoms with Crippen molar-refractivity contribution in [3.8, 4) is 0 Å². The SMILES string of the molecule is CCN(CC(=O)O)C1CC(NS(=O)(=O)c2csc(C(=O)OC)c2)C1. The molecule has 1 aromatic rings. The number of esters is 1. The third-order valence-corrected chi connectivity index (χ3v) is 6.53. The van der Waals surface area contributed by atoms with E-state index in [-0.39, 0.29) is 28.4 Å². The number of nitrogens with one attached hydrogen (secondary N) is 1. The molecule has 0 spiro atoms. The molecule has 1 fully saturated rings. The standard InChI is InChI=1S/C14H20N2O6S2/c1-3-16(7-13(17)18)10-4-9(5-10)15-24(20,21)11-6-12(23-8-11)14(19)22-2/h6,8-10,15H,3-5,7H2,1-2H3,(H,17,18). The van der Waals surface area contributed by atoms with E-state index in [1.165, 1.54) is 18.6 Å². The monoisotopic (exact) mass is 376 g/mol. The number of methoxy groups -OCH3 is 1. The zero-order valence-corrected chi connectivity index (χ0v) is 15.0. The van der Waals surface area contributed by atoms with Crippen molar-refractivity contribution in [1.29, 1.82) is 0 Å². The lowest BCUT2D eigenvalue weighted by molar-refractivity contribution is -0.139. The molecule has 0 saturated heterocycles. The van der Waals surface area contributed by atoms with Crippen molar-refractivity contribution in [2.75, 3.05) is 20.2 Å². The number of hydrogen-bond acceptors (Lipinski definition) is 7. The number of hydrogen-bond donors (Lipinski definition) is 2. The second-order valence-electron chi connectivity index (χ2n) is 5.54. The van der Waals surface area contributed by atoms with E-state index >= 15 is 0 Å². The van der Waals surface area contributed by atoms with Gasteiger partial charge in [-0.3, -0.25) is 9.69 Å². The molecule has 134 valence electrons. The van der Waals surface area contributed by atoms with Crippen LogP contribution in [0.2, 0.25) is 0 Å². The van der Waals surface area contributed by atoms with E-state index in [1.54, 1.807) is 0 Å². The zero-order valence-electron chi connectivity index (χ0n) is 13.4. The fraction of sp³-hybridized carbons (Fsp3) is 0.571. The van der Waals surface area contributed by atoms with Gasteiger partial charge in [0.15, 0.2) is 0 Å². The minimum Gasteiger partial charge on any atom is -0.480 e. The van der Waals surface area contributed by atoms with Gasteiger partial charge >= 0.3 is 11.9 Å². The Bertz CT molecular complexity index is 709. The molecule has 8 nitrogen and oxygen atoms in total. The van der Waals surface area contributed by atoms with Crippen LogP contribution in [0.15, 0.2) is 16.3 Å². The summed E-state index contributed by atoms with van der Waals surface area (Å²) in [5, 5.41) is 10.3. The maximum atomic E-state index is 12.3. The number of aliphatic carboxylic acids is 1. The Hall–Kier alpha value is -1.49. The second-order valence-corrected chi connectivity index (χ2v) is 8.16. The van der Waals surface area contributed by atoms with Crippen LogP contribution in [0.3, 0.4) is 0 Å². The molecule has 0 unspecified atom stereocenters. The smallest absolute Gasteiger partial charge is 0.348 e. The van der Waals surface area contributed by atoms with E-state index in [9.17, 15) is 18.0 Å². The third kappa shape index (κ3) is 4.32. The summed E-state index contributed by atoms with van der Waals surface area (Å²) in [6, 6.07) is 1.12. The van der Waals surface area contributed by atoms with Gasteiger partial charge in [0.2, 0.25) is 10.0 Å². The molecule has 2 rings (SSSR count). The van der Waals surface area contributed by atoms with Crippen LogP contribution in [0.4, 0.5) is 0 Å². The first-order valence-corrected chi connectivity index (χ1v) is 9.78. The van der Waals surface area contributed by atoms with Crippen LogP contribution in [0, 0.1) is 0 Å². The van der Waals surface area contributed by atoms with Crippen molar-refractivity contribution in [1.82, 2.24) is 9.62 Å². The molecule has 0 atom stereocenters. The summed E-state index contributed by atoms with van der Waals surface area (Å²) in [7, 11) is -2.47. The van der Waals surface area contributed by atoms with Crippen molar-refractivity contribution in [2.24, 2.45) is 0 Å². The van der Waals surface area contributed by atoms with Crippen LogP contribution in [-0.2, 0) is 19.6 Å². The topological polar surface area (TPSA) is 113 Å². The van der Waals surface area contributed by atoms with E-state index in [1.807, 2.05) is 11.8 Å². The average Bonchev–Trinajstić information content (AvgIpc) is 2.98. The molecule has 24 heavy (non-hydrogen) atoms. The quantitative estimate of drug-likeness (QED) is 0.644. The van der Waals surface area contributed by atoms with E-state index in [4.69, 9.17) is 5.11 Å². The molecular weight excluding hydrogens is 356 g/mol. The summed E-state index contributed by atoms with van der Waals surface area (Å²) in [5.74, 6) is -1.47. The van der Waals surface area contributed by atoms with Crippen LogP contribution in [-0.4, -0.2) is 62.6 Å². The molecule has 1 aliphatic carbocycles. The lowest BCUT2D eigenvalue weighted by Crippen LogP contribution is -2.54. The fourth-order valence-corrected chi connectivity index (χ4v) is 5.06. The van der Waals surface area contributed by atoms with E-state index in [0.717, 1.165) is 11.3 Å². The van der Waals surface area contributed by atoms with Gasteiger partial charge in [-0.1, -0.05) is 6.92 Å². The van der Waals surface area contributed by atoms with Gasteiger partial charge in [0, 0.05) is 17.5 Å². The molecule has 0 amide bonds. The maximum absolute atomic E-state index is 12.3. The lowest BCUT2D eigenvalue weighted by Gasteiger charge is -2.41. The van der Waals surface area contributed by atoms with Crippen molar-refractivity contribution < 1.29 is 27.9 Å². The number of sulfonamides is 1. The Labute approximate surface area is 144 Å². The van der Waals surface area contributed by atoms with Crippen LogP contribution >= 0.6 is 11.3 Å². The van der Waals surface area contributed by atoms with E-state index in [0.29, 0.717) is 19.4 Å². The summed E-state index contributed by atoms with van der Waals surface area (Å²) in [5.41, 5.74) is 0. The maximum Gasteiger partial charge on any atom is 0.348 e. The summed E-state index contributed by atoms with van der Waals surface area (Å²) < 4.78 is 31.8. The van der Waals surface area contributed by atoms with Crippen molar-refractivity contribution in [2.45, 2.75) is 36.7 Å². The third-order valence-electron chi connectivity index (χ3n) is 3.97. The van der Waals surface area contributed by atoms with Crippen LogP contribution < -0.4 is 4.72 Å². The zero-order chi connectivity index (χ0) is 17.9. The number of carbonyl (C=O) groups is 2. The van der Waals surface area contributed by atoms with Gasteiger partial charge in [0.05, 0.1) is 18.6 Å². The molecule has 0 aliphatic heterocycles. The highest BCUT2D eigenvalue weighted by atomic mass is 32.2. The van der Waals surface area contributed by atoms with E-state index in [2.05, 4.69) is 9.46 Å². The van der Waals surface area contributed by atoms with Gasteiger partial charge in [0.1, 0.15) is 4.88 Å². The summed E-state index contributed by atoms with van der Waals surface area (Å²) >= 11 is 1.01. The number of likely N-dealkylation sites (N-methyl/N-ethyl adjacent to an activating group) is 1. The minimum absolute atomic E-state index is 0.0363. The molecule has 10 heteroatoms. The Balaban J connectivity index is 1.93. The molecule has 0 radical (unpaired) electrons. The number of carboxylic acid groups (broad SMARTS) is 1. The molecule has 2 N–H and O–H groups in total. The van der Waals surface area contributed by atoms with Crippen LogP contribution in [0.5, 0.6) is 0 Å². The minimum atomic E-state index is -3.70. The normalized spacial score (nSPS) is 20.6. The Kier molecular flexibility index (Phi) is 5.97. The van der Waals surface area contributed by atoms with Gasteiger partial charge in [-0.05, 0) is 25.5 Å². The molecule has 1 heterocycles. The van der Waals surface area contributed by atoms with Crippen molar-refractivity contribution in [3.05, 3.63) is 16.3 Å². The first-order valence-electron chi connectivity index (χ1n) is 7.41. The molecule has 0 bridgehead atoms. The first-order chi connectivity index (χ1) is 11.3. The number of carbonyl (C=O) groups excluding carboxylic acids is 1. The average molecular weight is 376 g/mol. The van der Waals surface area contributed by atoms with Gasteiger partial charge in [0.25, 0.3) is 0 Å². The van der Waals surface area contributed by atoms with Crippen molar-refractivity contribution in [3.63, 3.8) is 0 Å². The fourth-order valence-electron chi connectivity index (χ4n) is 2.61. The predicted molar refractivity (Wildman–Crippen MR) is 87.7 cm³/mol. The van der Waals surface area contributed by atoms with Gasteiger partial charge < -0.3 is 9.84 Å². The second kappa shape index (κ2) is 7.60. The summed E-state index contributed by atoms with van der Waals surface area (Å²) in [6.07, 6.45) is 1.13. The number of carboxylic acids is 1. The highest BCUT2D eigenvalue weighted by Crippen LogP contribution is 2.28. The Morgan fingerprint density at radius 1 is 1.46 bits per heavy atom. The largest absolute Gasteiger partial charge is 0.480 e. The molecule has 1 saturated carbocycles. The van der Waals surface area contributed by atoms with Crippen LogP contribution in [0.25, 0.3) is 0 Å². The highest BCUT2D eigenvalue weighted by Gasteiger charge is 2.36. The van der Waals surface area contributed by atoms with Crippen molar-refractivity contribution >= 4 is 33.3 Å². The Morgan fingerprint density at radius 2 is 2.12 bits per heavy atom. The number of ether oxygens (including phenoxy) is 1.